The number of hydrogen-bond acceptors (Lipinski definition) is 6. The van der Waals surface area contributed by atoms with Crippen molar-refractivity contribution in [3.05, 3.63) is 54.2 Å². The van der Waals surface area contributed by atoms with Gasteiger partial charge in [-0.25, -0.2) is 4.79 Å². The predicted molar refractivity (Wildman–Crippen MR) is 105 cm³/mol. The zero-order valence-corrected chi connectivity index (χ0v) is 16.1. The molecular weight excluding hydrogens is 374 g/mol. The summed E-state index contributed by atoms with van der Waals surface area (Å²) in [7, 11) is 1.94. The summed E-state index contributed by atoms with van der Waals surface area (Å²) in [5, 5.41) is 23.8. The fraction of sp³-hybridized carbons (Fsp3) is 0.300. The number of nitrogens with zero attached hydrogens (tertiary/aromatic N) is 5. The van der Waals surface area contributed by atoms with E-state index >= 15 is 0 Å². The van der Waals surface area contributed by atoms with Gasteiger partial charge in [0, 0.05) is 57.5 Å². The van der Waals surface area contributed by atoms with Gasteiger partial charge < -0.3 is 20.0 Å². The first-order valence-electron chi connectivity index (χ1n) is 9.39. The molecule has 1 fully saturated rings. The minimum absolute atomic E-state index is 0.333. The number of amides is 1. The Balaban J connectivity index is 1.33. The SMILES string of the molecule is Cn1nc(-c2ccccc2)cc1CN1CCN(C(=O)On2c(O)ccc2O)CC1. The first-order chi connectivity index (χ1) is 14.0. The third kappa shape index (κ3) is 4.04. The fourth-order valence-electron chi connectivity index (χ4n) is 3.35. The van der Waals surface area contributed by atoms with Crippen LogP contribution < -0.4 is 4.84 Å². The summed E-state index contributed by atoms with van der Waals surface area (Å²) in [6.07, 6.45) is -0.613. The van der Waals surface area contributed by atoms with Crippen molar-refractivity contribution in [1.82, 2.24) is 24.3 Å². The lowest BCUT2D eigenvalue weighted by molar-refractivity contribution is 0.0552. The number of benzene rings is 1. The quantitative estimate of drug-likeness (QED) is 0.695. The molecule has 2 aromatic heterocycles. The van der Waals surface area contributed by atoms with Crippen molar-refractivity contribution in [2.75, 3.05) is 26.2 Å². The van der Waals surface area contributed by atoms with Gasteiger partial charge in [0.1, 0.15) is 0 Å². The molecule has 1 saturated heterocycles. The summed E-state index contributed by atoms with van der Waals surface area (Å²) < 4.78 is 2.59. The molecule has 9 nitrogen and oxygen atoms in total. The molecule has 9 heteroatoms. The Hall–Kier alpha value is -3.46. The van der Waals surface area contributed by atoms with Crippen molar-refractivity contribution in [1.29, 1.82) is 0 Å². The Morgan fingerprint density at radius 1 is 1.03 bits per heavy atom. The lowest BCUT2D eigenvalue weighted by Gasteiger charge is -2.33. The molecule has 3 aromatic rings. The van der Waals surface area contributed by atoms with E-state index in [1.54, 1.807) is 4.90 Å². The van der Waals surface area contributed by atoms with Crippen molar-refractivity contribution in [3.63, 3.8) is 0 Å². The number of aromatic hydroxyl groups is 2. The van der Waals surface area contributed by atoms with Gasteiger partial charge in [-0.3, -0.25) is 9.58 Å². The molecule has 1 aliphatic heterocycles. The summed E-state index contributed by atoms with van der Waals surface area (Å²) in [4.78, 5) is 21.1. The maximum absolute atomic E-state index is 12.3. The maximum atomic E-state index is 12.3. The van der Waals surface area contributed by atoms with Crippen molar-refractivity contribution in [3.8, 4) is 23.0 Å². The third-order valence-corrected chi connectivity index (χ3v) is 5.03. The van der Waals surface area contributed by atoms with Crippen LogP contribution in [0.25, 0.3) is 11.3 Å². The molecule has 1 aliphatic rings. The highest BCUT2D eigenvalue weighted by atomic mass is 16.7. The minimum atomic E-state index is -0.613. The first kappa shape index (κ1) is 18.9. The highest BCUT2D eigenvalue weighted by molar-refractivity contribution is 5.68. The molecule has 29 heavy (non-hydrogen) atoms. The molecule has 3 heterocycles. The van der Waals surface area contributed by atoms with Crippen molar-refractivity contribution < 1.29 is 19.8 Å². The monoisotopic (exact) mass is 397 g/mol. The van der Waals surface area contributed by atoms with Crippen LogP contribution in [0.4, 0.5) is 4.79 Å². The number of aromatic nitrogens is 3. The molecule has 0 bridgehead atoms. The topological polar surface area (TPSA) is 96.0 Å². The zero-order valence-electron chi connectivity index (χ0n) is 16.1. The van der Waals surface area contributed by atoms with Gasteiger partial charge in [-0.05, 0) is 6.07 Å². The molecule has 0 spiro atoms. The number of rotatable bonds is 4. The minimum Gasteiger partial charge on any atom is -0.492 e. The molecular formula is C20H23N5O4. The van der Waals surface area contributed by atoms with E-state index in [2.05, 4.69) is 16.1 Å². The Kier molecular flexibility index (Phi) is 5.13. The molecule has 152 valence electrons. The van der Waals surface area contributed by atoms with E-state index in [1.807, 2.05) is 42.1 Å². The Morgan fingerprint density at radius 2 is 1.69 bits per heavy atom. The summed E-state index contributed by atoms with van der Waals surface area (Å²) in [5.41, 5.74) is 3.12. The number of aryl methyl sites for hydroxylation is 1. The third-order valence-electron chi connectivity index (χ3n) is 5.03. The van der Waals surface area contributed by atoms with E-state index in [1.165, 1.54) is 12.1 Å². The van der Waals surface area contributed by atoms with Crippen LogP contribution in [0, 0.1) is 0 Å². The molecule has 4 rings (SSSR count). The summed E-state index contributed by atoms with van der Waals surface area (Å²) >= 11 is 0. The molecule has 0 radical (unpaired) electrons. The number of piperazine rings is 1. The second-order valence-corrected chi connectivity index (χ2v) is 6.98. The van der Waals surface area contributed by atoms with Gasteiger partial charge in [0.15, 0.2) is 0 Å². The second kappa shape index (κ2) is 7.88. The molecule has 0 saturated carbocycles. The van der Waals surface area contributed by atoms with E-state index in [4.69, 9.17) is 4.84 Å². The zero-order chi connectivity index (χ0) is 20.4. The lowest BCUT2D eigenvalue weighted by atomic mass is 10.1. The molecule has 0 aliphatic carbocycles. The number of carbonyl (C=O) groups excluding carboxylic acids is 1. The largest absolute Gasteiger partial charge is 0.492 e. The van der Waals surface area contributed by atoms with Crippen LogP contribution >= 0.6 is 0 Å². The molecule has 1 amide bonds. The fourth-order valence-corrected chi connectivity index (χ4v) is 3.35. The van der Waals surface area contributed by atoms with Crippen LogP contribution in [-0.4, -0.2) is 66.8 Å². The predicted octanol–water partition coefficient (Wildman–Crippen LogP) is 1.67. The van der Waals surface area contributed by atoms with Crippen LogP contribution in [-0.2, 0) is 13.6 Å². The van der Waals surface area contributed by atoms with E-state index < -0.39 is 6.09 Å². The molecule has 1 aromatic carbocycles. The molecule has 0 atom stereocenters. The highest BCUT2D eigenvalue weighted by Gasteiger charge is 2.25. The summed E-state index contributed by atoms with van der Waals surface area (Å²) in [5.74, 6) is -0.667. The van der Waals surface area contributed by atoms with Gasteiger partial charge in [-0.15, -0.1) is 4.73 Å². The van der Waals surface area contributed by atoms with Gasteiger partial charge in [-0.1, -0.05) is 30.3 Å². The van der Waals surface area contributed by atoms with Crippen molar-refractivity contribution in [2.45, 2.75) is 6.54 Å². The van der Waals surface area contributed by atoms with Gasteiger partial charge in [0.2, 0.25) is 11.8 Å². The summed E-state index contributed by atoms with van der Waals surface area (Å²) in [6.45, 7) is 3.09. The van der Waals surface area contributed by atoms with Crippen LogP contribution in [0.3, 0.4) is 0 Å². The summed E-state index contributed by atoms with van der Waals surface area (Å²) in [6, 6.07) is 14.6. The van der Waals surface area contributed by atoms with Crippen molar-refractivity contribution in [2.24, 2.45) is 7.05 Å². The van der Waals surface area contributed by atoms with E-state index in [0.717, 1.165) is 23.5 Å². The molecule has 0 unspecified atom stereocenters. The molecule has 2 N–H and O–H groups in total. The van der Waals surface area contributed by atoms with Gasteiger partial charge >= 0.3 is 6.09 Å². The average molecular weight is 397 g/mol. The standard InChI is InChI=1S/C20H23N5O4/c1-22-16(13-17(21-22)15-5-3-2-4-6-15)14-23-9-11-24(12-10-23)20(28)29-25-18(26)7-8-19(25)27/h2-8,13,26-27H,9-12,14H2,1H3. The Morgan fingerprint density at radius 3 is 2.34 bits per heavy atom. The van der Waals surface area contributed by atoms with E-state index in [0.29, 0.717) is 30.9 Å². The number of hydrogen-bond donors (Lipinski definition) is 2. The van der Waals surface area contributed by atoms with Crippen LogP contribution in [0.2, 0.25) is 0 Å². The first-order valence-corrected chi connectivity index (χ1v) is 9.39. The van der Waals surface area contributed by atoms with E-state index in [9.17, 15) is 15.0 Å². The number of carbonyl (C=O) groups is 1. The Bertz CT molecular complexity index is 970. The highest BCUT2D eigenvalue weighted by Crippen LogP contribution is 2.21. The van der Waals surface area contributed by atoms with Crippen molar-refractivity contribution >= 4 is 6.09 Å². The van der Waals surface area contributed by atoms with Gasteiger partial charge in [0.25, 0.3) is 0 Å². The van der Waals surface area contributed by atoms with E-state index in [-0.39, 0.29) is 11.8 Å². The lowest BCUT2D eigenvalue weighted by Crippen LogP contribution is -2.50. The van der Waals surface area contributed by atoms with Crippen LogP contribution in [0.5, 0.6) is 11.8 Å². The van der Waals surface area contributed by atoms with Crippen LogP contribution in [0.15, 0.2) is 48.5 Å². The van der Waals surface area contributed by atoms with Gasteiger partial charge in [-0.2, -0.15) is 5.10 Å². The second-order valence-electron chi connectivity index (χ2n) is 6.98. The van der Waals surface area contributed by atoms with Crippen LogP contribution in [0.1, 0.15) is 5.69 Å². The maximum Gasteiger partial charge on any atom is 0.434 e. The normalized spacial score (nSPS) is 14.9. The smallest absolute Gasteiger partial charge is 0.434 e. The average Bonchev–Trinajstić information content (AvgIpc) is 3.26. The van der Waals surface area contributed by atoms with Gasteiger partial charge in [0.05, 0.1) is 11.4 Å². The Labute approximate surface area is 167 Å².